The van der Waals surface area contributed by atoms with Crippen molar-refractivity contribution in [3.8, 4) is 0 Å². The van der Waals surface area contributed by atoms with Crippen molar-refractivity contribution in [1.29, 1.82) is 0 Å². The van der Waals surface area contributed by atoms with E-state index in [1.165, 1.54) is 15.9 Å². The molecule has 4 heteroatoms. The van der Waals surface area contributed by atoms with E-state index in [1.54, 1.807) is 0 Å². The summed E-state index contributed by atoms with van der Waals surface area (Å²) in [6.45, 7) is 1.01. The van der Waals surface area contributed by atoms with Crippen molar-refractivity contribution in [3.05, 3.63) is 91.0 Å². The molecule has 0 fully saturated rings. The summed E-state index contributed by atoms with van der Waals surface area (Å²) >= 11 is 4.45. The monoisotopic (exact) mass is 493 g/mol. The van der Waals surface area contributed by atoms with Gasteiger partial charge in [0, 0.05) is 0 Å². The minimum absolute atomic E-state index is 0. The van der Waals surface area contributed by atoms with Gasteiger partial charge in [0.25, 0.3) is 0 Å². The Morgan fingerprint density at radius 1 is 0.692 bits per heavy atom. The number of hydrogen-bond donors (Lipinski definition) is 1. The summed E-state index contributed by atoms with van der Waals surface area (Å²) in [5.74, 6) is 0. The fourth-order valence-corrected chi connectivity index (χ4v) is 11.3. The van der Waals surface area contributed by atoms with Gasteiger partial charge in [0.05, 0.1) is 0 Å². The molecule has 3 rings (SSSR count). The van der Waals surface area contributed by atoms with E-state index in [1.807, 2.05) is 7.05 Å². The van der Waals surface area contributed by atoms with Crippen LogP contribution in [0.3, 0.4) is 0 Å². The van der Waals surface area contributed by atoms with Crippen molar-refractivity contribution < 1.29 is 0 Å². The average Bonchev–Trinajstić information content (AvgIpc) is 2.70. The number of benzene rings is 3. The molecule has 0 radical (unpaired) electrons. The summed E-state index contributed by atoms with van der Waals surface area (Å²) in [5.41, 5.74) is 0. The fourth-order valence-electron chi connectivity index (χ4n) is 3.60. The van der Waals surface area contributed by atoms with Crippen LogP contribution in [0.2, 0.25) is 0 Å². The van der Waals surface area contributed by atoms with Gasteiger partial charge in [0.1, 0.15) is 0 Å². The van der Waals surface area contributed by atoms with Crippen LogP contribution in [0.15, 0.2) is 91.0 Å². The first-order valence-electron chi connectivity index (χ1n) is 8.74. The summed E-state index contributed by atoms with van der Waals surface area (Å²) < 4.78 is 0. The molecule has 0 aliphatic heterocycles. The SMILES string of the molecule is Br.CNCCCP(Br)(c1ccccc1)(c1ccccc1)c1ccccc1. The van der Waals surface area contributed by atoms with E-state index in [0.717, 1.165) is 19.1 Å². The standard InChI is InChI=1S/C22H25BrNP.BrH/c1-24-18-11-19-25(23,20-12-5-2-6-13-20,21-14-7-3-8-15-21)22-16-9-4-10-17-22;/h2-10,12-17,24H,11,18-19H2,1H3;1H. The van der Waals surface area contributed by atoms with Gasteiger partial charge >= 0.3 is 159 Å². The maximum absolute atomic E-state index is 4.45. The van der Waals surface area contributed by atoms with E-state index in [4.69, 9.17) is 0 Å². The summed E-state index contributed by atoms with van der Waals surface area (Å²) in [4.78, 5) is 0. The Labute approximate surface area is 175 Å². The molecule has 26 heavy (non-hydrogen) atoms. The zero-order chi connectivity index (χ0) is 17.6. The molecular weight excluding hydrogens is 469 g/mol. The Kier molecular flexibility index (Phi) is 7.61. The van der Waals surface area contributed by atoms with Crippen LogP contribution in [0.4, 0.5) is 0 Å². The first-order valence-corrected chi connectivity index (χ1v) is 13.2. The average molecular weight is 495 g/mol. The van der Waals surface area contributed by atoms with Gasteiger partial charge < -0.3 is 0 Å². The van der Waals surface area contributed by atoms with Crippen LogP contribution in [0.1, 0.15) is 6.42 Å². The fraction of sp³-hybridized carbons (Fsp3) is 0.182. The molecule has 0 aromatic heterocycles. The maximum atomic E-state index is 4.45. The topological polar surface area (TPSA) is 12.0 Å². The zero-order valence-electron chi connectivity index (χ0n) is 15.0. The molecule has 0 atom stereocenters. The molecule has 0 bridgehead atoms. The predicted octanol–water partition coefficient (Wildman–Crippen LogP) is 5.01. The van der Waals surface area contributed by atoms with E-state index >= 15 is 0 Å². The summed E-state index contributed by atoms with van der Waals surface area (Å²) in [5, 5.41) is 4.79. The normalized spacial score (nSPS) is 12.6. The van der Waals surface area contributed by atoms with Gasteiger partial charge in [-0.2, -0.15) is 0 Å². The molecular formula is C22H26Br2NP. The van der Waals surface area contributed by atoms with Gasteiger partial charge in [-0.3, -0.25) is 0 Å². The third kappa shape index (κ3) is 3.82. The third-order valence-corrected chi connectivity index (χ3v) is 14.9. The van der Waals surface area contributed by atoms with Gasteiger partial charge in [-0.25, -0.2) is 0 Å². The van der Waals surface area contributed by atoms with Gasteiger partial charge in [0.2, 0.25) is 0 Å². The first kappa shape index (κ1) is 21.3. The second kappa shape index (κ2) is 9.28. The Bertz CT molecular complexity index is 695. The van der Waals surface area contributed by atoms with Crippen LogP contribution < -0.4 is 21.2 Å². The van der Waals surface area contributed by atoms with Gasteiger partial charge in [-0.05, 0) is 0 Å². The molecule has 0 aliphatic rings. The second-order valence-electron chi connectivity index (χ2n) is 6.37. The molecule has 0 amide bonds. The number of nitrogens with one attached hydrogen (secondary N) is 1. The van der Waals surface area contributed by atoms with Crippen molar-refractivity contribution in [3.63, 3.8) is 0 Å². The molecule has 0 saturated heterocycles. The van der Waals surface area contributed by atoms with E-state index < -0.39 is 5.31 Å². The van der Waals surface area contributed by atoms with E-state index in [0.29, 0.717) is 0 Å². The molecule has 0 spiro atoms. The Morgan fingerprint density at radius 3 is 1.35 bits per heavy atom. The van der Waals surface area contributed by atoms with Crippen molar-refractivity contribution in [1.82, 2.24) is 5.32 Å². The van der Waals surface area contributed by atoms with E-state index in [-0.39, 0.29) is 17.0 Å². The Hall–Kier alpha value is -0.990. The van der Waals surface area contributed by atoms with Crippen molar-refractivity contribution >= 4 is 53.7 Å². The Balaban J connectivity index is 0.00000243. The van der Waals surface area contributed by atoms with E-state index in [9.17, 15) is 0 Å². The molecule has 1 N–H and O–H groups in total. The molecule has 3 aromatic rings. The van der Waals surface area contributed by atoms with Crippen LogP contribution in [0.25, 0.3) is 0 Å². The second-order valence-corrected chi connectivity index (χ2v) is 15.4. The van der Waals surface area contributed by atoms with Crippen LogP contribution in [-0.4, -0.2) is 19.8 Å². The molecule has 138 valence electrons. The van der Waals surface area contributed by atoms with Crippen LogP contribution >= 0.6 is 37.8 Å². The summed E-state index contributed by atoms with van der Waals surface area (Å²) in [6, 6.07) is 32.9. The van der Waals surface area contributed by atoms with E-state index in [2.05, 4.69) is 112 Å². The number of halogens is 2. The summed E-state index contributed by atoms with van der Waals surface area (Å²) in [7, 11) is 2.02. The molecule has 0 saturated carbocycles. The molecule has 1 nitrogen and oxygen atoms in total. The number of rotatable bonds is 7. The summed E-state index contributed by atoms with van der Waals surface area (Å²) in [6.07, 6.45) is 2.20. The third-order valence-electron chi connectivity index (χ3n) is 4.89. The Morgan fingerprint density at radius 2 is 1.04 bits per heavy atom. The van der Waals surface area contributed by atoms with Gasteiger partial charge in [0.15, 0.2) is 0 Å². The van der Waals surface area contributed by atoms with Crippen LogP contribution in [0.5, 0.6) is 0 Å². The van der Waals surface area contributed by atoms with Gasteiger partial charge in [-0.15, -0.1) is 17.0 Å². The van der Waals surface area contributed by atoms with Crippen molar-refractivity contribution in [2.24, 2.45) is 0 Å². The van der Waals surface area contributed by atoms with Gasteiger partial charge in [-0.1, -0.05) is 0 Å². The zero-order valence-corrected chi connectivity index (χ0v) is 19.2. The molecule has 0 aliphatic carbocycles. The minimum atomic E-state index is -2.70. The molecule has 0 unspecified atom stereocenters. The quantitative estimate of drug-likeness (QED) is 0.359. The van der Waals surface area contributed by atoms with Crippen LogP contribution in [-0.2, 0) is 0 Å². The predicted molar refractivity (Wildman–Crippen MR) is 128 cm³/mol. The van der Waals surface area contributed by atoms with Crippen molar-refractivity contribution in [2.45, 2.75) is 6.42 Å². The first-order chi connectivity index (χ1) is 12.2. The molecule has 3 aromatic carbocycles. The van der Waals surface area contributed by atoms with Crippen LogP contribution in [0, 0.1) is 0 Å². The molecule has 0 heterocycles. The van der Waals surface area contributed by atoms with Crippen molar-refractivity contribution in [2.75, 3.05) is 19.8 Å². The number of hydrogen-bond acceptors (Lipinski definition) is 1.